The maximum Gasteiger partial charge on any atom is 0.225 e. The van der Waals surface area contributed by atoms with E-state index in [2.05, 4.69) is 60.7 Å². The van der Waals surface area contributed by atoms with E-state index in [1.807, 2.05) is 12.1 Å². The second-order valence-corrected chi connectivity index (χ2v) is 5.99. The van der Waals surface area contributed by atoms with Crippen LogP contribution in [-0.2, 0) is 4.79 Å². The molecular weight excluding hydrogens is 286 g/mol. The smallest absolute Gasteiger partial charge is 0.225 e. The molecule has 0 atom stereocenters. The standard InChI is InChI=1S/C19H25N3O/c1-4-5-6-19(23)22-18-12-11-17(13-20-18)21-16-9-7-15(8-10-16)14(2)3/h7-14,21H,4-6H2,1-3H3,(H,20,22,23). The van der Waals surface area contributed by atoms with E-state index in [0.717, 1.165) is 24.2 Å². The Morgan fingerprint density at radius 3 is 2.35 bits per heavy atom. The number of aromatic nitrogens is 1. The summed E-state index contributed by atoms with van der Waals surface area (Å²) in [7, 11) is 0. The fourth-order valence-electron chi connectivity index (χ4n) is 2.20. The molecule has 2 N–H and O–H groups in total. The number of carbonyl (C=O) groups excluding carboxylic acids is 1. The van der Waals surface area contributed by atoms with Gasteiger partial charge in [0.05, 0.1) is 11.9 Å². The average Bonchev–Trinajstić information content (AvgIpc) is 2.55. The number of anilines is 3. The molecule has 1 aromatic heterocycles. The van der Waals surface area contributed by atoms with Crippen LogP contribution in [0.1, 0.15) is 51.5 Å². The van der Waals surface area contributed by atoms with Crippen LogP contribution in [0.5, 0.6) is 0 Å². The van der Waals surface area contributed by atoms with E-state index in [0.29, 0.717) is 18.2 Å². The number of pyridine rings is 1. The van der Waals surface area contributed by atoms with Crippen LogP contribution in [0.3, 0.4) is 0 Å². The summed E-state index contributed by atoms with van der Waals surface area (Å²) in [5.41, 5.74) is 3.24. The van der Waals surface area contributed by atoms with Crippen molar-refractivity contribution in [2.24, 2.45) is 0 Å². The maximum absolute atomic E-state index is 11.7. The number of carbonyl (C=O) groups is 1. The van der Waals surface area contributed by atoms with Gasteiger partial charge in [-0.05, 0) is 42.2 Å². The van der Waals surface area contributed by atoms with Crippen molar-refractivity contribution in [3.63, 3.8) is 0 Å². The Bertz CT molecular complexity index is 618. The fraction of sp³-hybridized carbons (Fsp3) is 0.368. The number of hydrogen-bond donors (Lipinski definition) is 2. The SMILES string of the molecule is CCCCC(=O)Nc1ccc(Nc2ccc(C(C)C)cc2)cn1. The van der Waals surface area contributed by atoms with Crippen LogP contribution >= 0.6 is 0 Å². The predicted octanol–water partition coefficient (Wildman–Crippen LogP) is 5.08. The topological polar surface area (TPSA) is 54.0 Å². The van der Waals surface area contributed by atoms with Crippen molar-refractivity contribution < 1.29 is 4.79 Å². The molecule has 0 aliphatic carbocycles. The molecule has 23 heavy (non-hydrogen) atoms. The van der Waals surface area contributed by atoms with Crippen molar-refractivity contribution in [1.82, 2.24) is 4.98 Å². The highest BCUT2D eigenvalue weighted by molar-refractivity contribution is 5.89. The first-order valence-corrected chi connectivity index (χ1v) is 8.21. The third-order valence-corrected chi connectivity index (χ3v) is 3.65. The van der Waals surface area contributed by atoms with Crippen molar-refractivity contribution in [1.29, 1.82) is 0 Å². The minimum Gasteiger partial charge on any atom is -0.354 e. The zero-order chi connectivity index (χ0) is 16.7. The highest BCUT2D eigenvalue weighted by Crippen LogP contribution is 2.20. The number of nitrogens with one attached hydrogen (secondary N) is 2. The van der Waals surface area contributed by atoms with Gasteiger partial charge in [-0.1, -0.05) is 39.3 Å². The van der Waals surface area contributed by atoms with Crippen molar-refractivity contribution in [2.75, 3.05) is 10.6 Å². The van der Waals surface area contributed by atoms with E-state index in [-0.39, 0.29) is 5.91 Å². The summed E-state index contributed by atoms with van der Waals surface area (Å²) < 4.78 is 0. The molecule has 0 saturated carbocycles. The van der Waals surface area contributed by atoms with Gasteiger partial charge in [-0.3, -0.25) is 4.79 Å². The number of nitrogens with zero attached hydrogens (tertiary/aromatic N) is 1. The van der Waals surface area contributed by atoms with Gasteiger partial charge in [-0.15, -0.1) is 0 Å². The second kappa shape index (κ2) is 8.32. The van der Waals surface area contributed by atoms with Crippen LogP contribution in [0.2, 0.25) is 0 Å². The van der Waals surface area contributed by atoms with Crippen LogP contribution < -0.4 is 10.6 Å². The number of unbranched alkanes of at least 4 members (excludes halogenated alkanes) is 1. The summed E-state index contributed by atoms with van der Waals surface area (Å²) in [4.78, 5) is 15.9. The summed E-state index contributed by atoms with van der Waals surface area (Å²) in [5, 5.41) is 6.12. The van der Waals surface area contributed by atoms with Crippen LogP contribution in [0.15, 0.2) is 42.6 Å². The molecule has 0 saturated heterocycles. The van der Waals surface area contributed by atoms with Gasteiger partial charge in [0, 0.05) is 12.1 Å². The normalized spacial score (nSPS) is 10.6. The number of hydrogen-bond acceptors (Lipinski definition) is 3. The third kappa shape index (κ3) is 5.40. The van der Waals surface area contributed by atoms with Gasteiger partial charge < -0.3 is 10.6 Å². The second-order valence-electron chi connectivity index (χ2n) is 5.99. The Labute approximate surface area is 138 Å². The first kappa shape index (κ1) is 17.0. The predicted molar refractivity (Wildman–Crippen MR) is 96.2 cm³/mol. The molecule has 0 aliphatic rings. The molecule has 4 nitrogen and oxygen atoms in total. The van der Waals surface area contributed by atoms with Gasteiger partial charge in [-0.2, -0.15) is 0 Å². The zero-order valence-electron chi connectivity index (χ0n) is 14.1. The summed E-state index contributed by atoms with van der Waals surface area (Å²) in [6.45, 7) is 6.43. The Hall–Kier alpha value is -2.36. The number of amides is 1. The summed E-state index contributed by atoms with van der Waals surface area (Å²) in [6, 6.07) is 12.1. The Morgan fingerprint density at radius 2 is 1.78 bits per heavy atom. The van der Waals surface area contributed by atoms with Gasteiger partial charge in [0.25, 0.3) is 0 Å². The van der Waals surface area contributed by atoms with E-state index >= 15 is 0 Å². The summed E-state index contributed by atoms with van der Waals surface area (Å²) in [6.07, 6.45) is 4.18. The monoisotopic (exact) mass is 311 g/mol. The molecule has 2 rings (SSSR count). The minimum atomic E-state index is 0.0179. The van der Waals surface area contributed by atoms with Gasteiger partial charge in [-0.25, -0.2) is 4.98 Å². The Morgan fingerprint density at radius 1 is 1.09 bits per heavy atom. The van der Waals surface area contributed by atoms with Crippen molar-refractivity contribution >= 4 is 23.1 Å². The van der Waals surface area contributed by atoms with Crippen LogP contribution in [0.4, 0.5) is 17.2 Å². The van der Waals surface area contributed by atoms with Gasteiger partial charge >= 0.3 is 0 Å². The van der Waals surface area contributed by atoms with Crippen molar-refractivity contribution in [3.05, 3.63) is 48.2 Å². The minimum absolute atomic E-state index is 0.0179. The summed E-state index contributed by atoms with van der Waals surface area (Å²) in [5.74, 6) is 1.14. The molecule has 4 heteroatoms. The van der Waals surface area contributed by atoms with Gasteiger partial charge in [0.15, 0.2) is 0 Å². The molecule has 0 unspecified atom stereocenters. The van der Waals surface area contributed by atoms with E-state index in [4.69, 9.17) is 0 Å². The molecule has 1 aromatic carbocycles. The largest absolute Gasteiger partial charge is 0.354 e. The lowest BCUT2D eigenvalue weighted by molar-refractivity contribution is -0.116. The van der Waals surface area contributed by atoms with E-state index in [1.54, 1.807) is 6.20 Å². The van der Waals surface area contributed by atoms with Crippen molar-refractivity contribution in [3.8, 4) is 0 Å². The Kier molecular flexibility index (Phi) is 6.15. The van der Waals surface area contributed by atoms with Crippen molar-refractivity contribution in [2.45, 2.75) is 46.0 Å². The van der Waals surface area contributed by atoms with Crippen LogP contribution in [-0.4, -0.2) is 10.9 Å². The highest BCUT2D eigenvalue weighted by atomic mass is 16.1. The van der Waals surface area contributed by atoms with Gasteiger partial charge in [0.2, 0.25) is 5.91 Å². The fourth-order valence-corrected chi connectivity index (χ4v) is 2.20. The lowest BCUT2D eigenvalue weighted by atomic mass is 10.0. The average molecular weight is 311 g/mol. The summed E-state index contributed by atoms with van der Waals surface area (Å²) >= 11 is 0. The van der Waals surface area contributed by atoms with E-state index in [1.165, 1.54) is 5.56 Å². The lowest BCUT2D eigenvalue weighted by Gasteiger charge is -2.10. The molecule has 0 spiro atoms. The number of rotatable bonds is 7. The zero-order valence-corrected chi connectivity index (χ0v) is 14.1. The highest BCUT2D eigenvalue weighted by Gasteiger charge is 2.03. The molecule has 1 heterocycles. The Balaban J connectivity index is 1.93. The third-order valence-electron chi connectivity index (χ3n) is 3.65. The van der Waals surface area contributed by atoms with E-state index in [9.17, 15) is 4.79 Å². The molecule has 0 bridgehead atoms. The van der Waals surface area contributed by atoms with Crippen LogP contribution in [0, 0.1) is 0 Å². The molecule has 0 aliphatic heterocycles. The first-order valence-electron chi connectivity index (χ1n) is 8.21. The molecule has 122 valence electrons. The molecule has 0 radical (unpaired) electrons. The van der Waals surface area contributed by atoms with E-state index < -0.39 is 0 Å². The molecule has 2 aromatic rings. The van der Waals surface area contributed by atoms with Gasteiger partial charge in [0.1, 0.15) is 5.82 Å². The maximum atomic E-state index is 11.7. The first-order chi connectivity index (χ1) is 11.1. The molecule has 0 fully saturated rings. The number of benzene rings is 1. The molecular formula is C19H25N3O. The molecule has 1 amide bonds. The quantitative estimate of drug-likeness (QED) is 0.750. The van der Waals surface area contributed by atoms with Crippen LogP contribution in [0.25, 0.3) is 0 Å². The lowest BCUT2D eigenvalue weighted by Crippen LogP contribution is -2.12.